The number of imide groups is 2. The summed E-state index contributed by atoms with van der Waals surface area (Å²) in [5, 5.41) is 12.9. The summed E-state index contributed by atoms with van der Waals surface area (Å²) in [5.74, 6) is -7.32. The summed E-state index contributed by atoms with van der Waals surface area (Å²) < 4.78 is 46.0. The van der Waals surface area contributed by atoms with Crippen LogP contribution in [0.3, 0.4) is 0 Å². The first-order valence-corrected chi connectivity index (χ1v) is 15.9. The number of methoxy groups -OCH3 is 1. The number of phenolic OH excluding ortho intramolecular Hbond substituents is 1. The average molecular weight is 695 g/mol. The lowest BCUT2D eigenvalue weighted by Crippen LogP contribution is -2.49. The molecule has 4 amide bonds. The number of aromatic hydroxyl groups is 1. The van der Waals surface area contributed by atoms with Gasteiger partial charge in [-0.05, 0) is 56.0 Å². The zero-order valence-electron chi connectivity index (χ0n) is 26.4. The Morgan fingerprint density at radius 3 is 2.37 bits per heavy atom. The molecule has 0 spiro atoms. The van der Waals surface area contributed by atoms with Crippen LogP contribution in [0.4, 0.5) is 24.7 Å². The quantitative estimate of drug-likeness (QED) is 0.265. The van der Waals surface area contributed by atoms with Crippen LogP contribution < -0.4 is 14.6 Å². The van der Waals surface area contributed by atoms with Crippen molar-refractivity contribution in [3.8, 4) is 11.5 Å². The molecule has 0 radical (unpaired) electrons. The lowest BCUT2D eigenvalue weighted by atomic mass is 9.51. The largest absolute Gasteiger partial charge is 0.504 e. The van der Waals surface area contributed by atoms with Crippen LogP contribution in [0.25, 0.3) is 0 Å². The van der Waals surface area contributed by atoms with Gasteiger partial charge in [0.25, 0.3) is 11.8 Å². The fraction of sp³-hybridized carbons (Fsp3) is 0.343. The monoisotopic (exact) mass is 694 g/mol. The van der Waals surface area contributed by atoms with Crippen molar-refractivity contribution in [1.29, 1.82) is 0 Å². The summed E-state index contributed by atoms with van der Waals surface area (Å²) in [5.41, 5.74) is -1.34. The molecule has 14 heteroatoms. The number of hydrogen-bond acceptors (Lipinski definition) is 8. The Kier molecular flexibility index (Phi) is 7.54. The van der Waals surface area contributed by atoms with Gasteiger partial charge in [-0.3, -0.25) is 24.2 Å². The van der Waals surface area contributed by atoms with Gasteiger partial charge in [-0.15, -0.1) is 0 Å². The number of fused-ring (bicyclic) bond motifs is 4. The van der Waals surface area contributed by atoms with Gasteiger partial charge in [0.15, 0.2) is 17.3 Å². The number of anilines is 2. The highest BCUT2D eigenvalue weighted by Crippen LogP contribution is 2.65. The summed E-state index contributed by atoms with van der Waals surface area (Å²) in [4.78, 5) is 61.8. The Morgan fingerprint density at radius 1 is 0.980 bits per heavy atom. The minimum atomic E-state index is -4.81. The van der Waals surface area contributed by atoms with Crippen molar-refractivity contribution >= 4 is 46.7 Å². The van der Waals surface area contributed by atoms with Crippen molar-refractivity contribution in [2.24, 2.45) is 29.1 Å². The number of benzene rings is 2. The normalized spacial score (nSPS) is 27.9. The first-order valence-electron chi connectivity index (χ1n) is 15.6. The van der Waals surface area contributed by atoms with Gasteiger partial charge >= 0.3 is 6.18 Å². The molecule has 1 saturated carbocycles. The summed E-state index contributed by atoms with van der Waals surface area (Å²) in [6.07, 6.45) is -2.90. The number of hydrogen-bond donors (Lipinski definition) is 1. The number of phenols is 1. The highest BCUT2D eigenvalue weighted by molar-refractivity contribution is 6.33. The van der Waals surface area contributed by atoms with E-state index >= 15 is 0 Å². The maximum Gasteiger partial charge on any atom is 0.433 e. The third kappa shape index (κ3) is 4.65. The Bertz CT molecular complexity index is 1950. The van der Waals surface area contributed by atoms with Crippen LogP contribution >= 0.6 is 11.6 Å². The molecule has 4 aliphatic rings. The number of para-hydroxylation sites is 2. The van der Waals surface area contributed by atoms with Gasteiger partial charge in [0.2, 0.25) is 11.8 Å². The third-order valence-electron chi connectivity index (χ3n) is 10.6. The molecule has 2 aromatic carbocycles. The zero-order chi connectivity index (χ0) is 35.2. The SMILES string of the molecule is COc1cccc([C@H]2C3=CC[C@@H]4C(=O)N(N(C)c5nc(C(F)(F)F)ccc5Cl)C(=O)[C@@H]4[C@@H]3C[C@H]3C(=O)N(c4ccccc4)C(=O)[C@@]23C)c1O. The number of ether oxygens (including phenoxy) is 1. The van der Waals surface area contributed by atoms with E-state index in [1.165, 1.54) is 14.2 Å². The van der Waals surface area contributed by atoms with Crippen molar-refractivity contribution in [3.05, 3.63) is 88.6 Å². The average Bonchev–Trinajstić information content (AvgIpc) is 3.44. The molecule has 2 saturated heterocycles. The molecule has 1 aromatic heterocycles. The van der Waals surface area contributed by atoms with Crippen LogP contribution in [0, 0.1) is 29.1 Å². The van der Waals surface area contributed by atoms with Gasteiger partial charge in [-0.2, -0.15) is 18.2 Å². The molecule has 3 fully saturated rings. The van der Waals surface area contributed by atoms with Gasteiger partial charge in [0, 0.05) is 18.5 Å². The number of pyridine rings is 1. The van der Waals surface area contributed by atoms with Crippen molar-refractivity contribution in [3.63, 3.8) is 0 Å². The van der Waals surface area contributed by atoms with Gasteiger partial charge in [0.1, 0.15) is 5.69 Å². The molecule has 3 heterocycles. The molecule has 254 valence electrons. The molecule has 49 heavy (non-hydrogen) atoms. The van der Waals surface area contributed by atoms with E-state index < -0.39 is 76.3 Å². The van der Waals surface area contributed by atoms with Crippen molar-refractivity contribution in [2.45, 2.75) is 31.9 Å². The number of amides is 4. The second kappa shape index (κ2) is 11.3. The molecule has 0 unspecified atom stereocenters. The maximum atomic E-state index is 14.5. The lowest BCUT2D eigenvalue weighted by molar-refractivity contribution is -0.141. The van der Waals surface area contributed by atoms with E-state index in [-0.39, 0.29) is 29.4 Å². The Hall–Kier alpha value is -4.91. The number of aromatic nitrogens is 1. The number of hydrazine groups is 1. The van der Waals surface area contributed by atoms with E-state index in [1.54, 1.807) is 61.5 Å². The van der Waals surface area contributed by atoms with Crippen LogP contribution in [0.15, 0.2) is 72.3 Å². The highest BCUT2D eigenvalue weighted by Gasteiger charge is 2.68. The van der Waals surface area contributed by atoms with E-state index in [0.29, 0.717) is 22.9 Å². The fourth-order valence-electron chi connectivity index (χ4n) is 8.31. The van der Waals surface area contributed by atoms with Crippen molar-refractivity contribution < 1.29 is 42.2 Å². The van der Waals surface area contributed by atoms with Crippen LogP contribution in [0.2, 0.25) is 5.02 Å². The number of rotatable bonds is 5. The molecule has 2 aliphatic carbocycles. The number of nitrogens with zero attached hydrogens (tertiary/aromatic N) is 4. The molecule has 1 N–H and O–H groups in total. The van der Waals surface area contributed by atoms with Crippen LogP contribution in [-0.4, -0.2) is 52.9 Å². The Morgan fingerprint density at radius 2 is 1.69 bits per heavy atom. The van der Waals surface area contributed by atoms with Gasteiger partial charge < -0.3 is 9.84 Å². The first-order chi connectivity index (χ1) is 23.2. The lowest BCUT2D eigenvalue weighted by Gasteiger charge is -2.49. The van der Waals surface area contributed by atoms with E-state index in [2.05, 4.69) is 4.98 Å². The van der Waals surface area contributed by atoms with Crippen LogP contribution in [0.5, 0.6) is 11.5 Å². The zero-order valence-corrected chi connectivity index (χ0v) is 27.2. The Balaban J connectivity index is 1.34. The minimum Gasteiger partial charge on any atom is -0.504 e. The predicted octanol–water partition coefficient (Wildman–Crippen LogP) is 5.75. The molecule has 0 bridgehead atoms. The maximum absolute atomic E-state index is 14.5. The molecule has 7 rings (SSSR count). The highest BCUT2D eigenvalue weighted by atomic mass is 35.5. The van der Waals surface area contributed by atoms with E-state index in [0.717, 1.165) is 21.0 Å². The summed E-state index contributed by atoms with van der Waals surface area (Å²) in [6, 6.07) is 15.0. The standard InChI is InChI=1S/C35H30ClF3N4O6/c1-34-22(31(46)42(33(34)48)17-8-5-4-6-9-17)16-21-18(27(34)20-10-7-11-24(49-3)28(20)44)12-13-19-26(21)32(47)43(30(19)45)41(2)29-23(36)14-15-25(40-29)35(37,38)39/h4-12,14-15,19,21-22,26-27,44H,13,16H2,1-3H3/t19-,21+,22-,26-,27+,34+/m0/s1. The van der Waals surface area contributed by atoms with E-state index in [4.69, 9.17) is 16.3 Å². The number of halogens is 4. The molecule has 2 aliphatic heterocycles. The number of carbonyl (C=O) groups is 4. The molecule has 10 nitrogen and oxygen atoms in total. The molecular weight excluding hydrogens is 665 g/mol. The Labute approximate surface area is 283 Å². The van der Waals surface area contributed by atoms with E-state index in [9.17, 15) is 37.5 Å². The summed E-state index contributed by atoms with van der Waals surface area (Å²) in [7, 11) is 2.63. The molecule has 3 aromatic rings. The van der Waals surface area contributed by atoms with Crippen LogP contribution in [0.1, 0.15) is 36.9 Å². The third-order valence-corrected chi connectivity index (χ3v) is 10.8. The smallest absolute Gasteiger partial charge is 0.433 e. The fourth-order valence-corrected chi connectivity index (χ4v) is 8.54. The molecular formula is C35H30ClF3N4O6. The number of alkyl halides is 3. The number of allylic oxidation sites excluding steroid dienone is 2. The second-order valence-electron chi connectivity index (χ2n) is 12.9. The summed E-state index contributed by atoms with van der Waals surface area (Å²) >= 11 is 6.24. The van der Waals surface area contributed by atoms with Gasteiger partial charge in [-0.25, -0.2) is 9.88 Å². The van der Waals surface area contributed by atoms with Crippen molar-refractivity contribution in [2.75, 3.05) is 24.1 Å². The van der Waals surface area contributed by atoms with Gasteiger partial charge in [-0.1, -0.05) is 53.6 Å². The second-order valence-corrected chi connectivity index (χ2v) is 13.3. The van der Waals surface area contributed by atoms with Crippen molar-refractivity contribution in [1.82, 2.24) is 9.99 Å². The predicted molar refractivity (Wildman–Crippen MR) is 170 cm³/mol. The number of carbonyl (C=O) groups excluding carboxylic acids is 4. The minimum absolute atomic E-state index is 0.0395. The molecule has 6 atom stereocenters. The topological polar surface area (TPSA) is 120 Å². The first kappa shape index (κ1) is 32.6. The van der Waals surface area contributed by atoms with Gasteiger partial charge in [0.05, 0.1) is 41.0 Å². The van der Waals surface area contributed by atoms with E-state index in [1.807, 2.05) is 0 Å². The van der Waals surface area contributed by atoms with Crippen LogP contribution in [-0.2, 0) is 25.4 Å². The summed E-state index contributed by atoms with van der Waals surface area (Å²) in [6.45, 7) is 1.69.